The molecule has 0 bridgehead atoms. The van der Waals surface area contributed by atoms with Crippen LogP contribution in [0.1, 0.15) is 50.0 Å². The van der Waals surface area contributed by atoms with E-state index in [2.05, 4.69) is 21.8 Å². The summed E-state index contributed by atoms with van der Waals surface area (Å²) in [6.45, 7) is 3.12. The van der Waals surface area contributed by atoms with E-state index in [-0.39, 0.29) is 28.7 Å². The lowest BCUT2D eigenvalue weighted by atomic mass is 9.75. The maximum absolute atomic E-state index is 13.1. The summed E-state index contributed by atoms with van der Waals surface area (Å²) in [5, 5.41) is 18.8. The second kappa shape index (κ2) is 11.6. The summed E-state index contributed by atoms with van der Waals surface area (Å²) in [4.78, 5) is 13.1. The maximum atomic E-state index is 13.1. The molecule has 1 fully saturated rings. The summed E-state index contributed by atoms with van der Waals surface area (Å²) in [6.07, 6.45) is -1.92. The highest BCUT2D eigenvalue weighted by atomic mass is 35.5. The van der Waals surface area contributed by atoms with E-state index in [4.69, 9.17) is 16.3 Å². The fourth-order valence-corrected chi connectivity index (χ4v) is 6.03. The van der Waals surface area contributed by atoms with Crippen molar-refractivity contribution in [1.82, 2.24) is 15.1 Å². The zero-order valence-electron chi connectivity index (χ0n) is 22.0. The Morgan fingerprint density at radius 1 is 1.36 bits per heavy atom. The van der Waals surface area contributed by atoms with Crippen LogP contribution in [0.5, 0.6) is 5.75 Å². The number of aryl methyl sites for hydroxylation is 1. The van der Waals surface area contributed by atoms with Gasteiger partial charge in [-0.25, -0.2) is 8.42 Å². The number of aromatic nitrogens is 2. The Labute approximate surface area is 230 Å². The first-order chi connectivity index (χ1) is 18.2. The van der Waals surface area contributed by atoms with E-state index in [0.717, 1.165) is 6.92 Å². The smallest absolute Gasteiger partial charge is 0.408 e. The van der Waals surface area contributed by atoms with E-state index in [1.54, 1.807) is 6.92 Å². The largest absolute Gasteiger partial charge is 0.496 e. The normalized spacial score (nSPS) is 20.6. The Morgan fingerprint density at radius 2 is 2.00 bits per heavy atom. The van der Waals surface area contributed by atoms with Crippen molar-refractivity contribution < 1.29 is 31.1 Å². The lowest BCUT2D eigenvalue weighted by Gasteiger charge is -2.34. The average molecular weight is 590 g/mol. The molecule has 2 N–H and O–H groups in total. The number of nitrogens with one attached hydrogen (secondary N) is 2. The average Bonchev–Trinajstić information content (AvgIpc) is 3.22. The van der Waals surface area contributed by atoms with Crippen LogP contribution < -0.4 is 15.4 Å². The molecule has 1 amide bonds. The second-order valence-corrected chi connectivity index (χ2v) is 12.5. The molecule has 2 aromatic rings. The van der Waals surface area contributed by atoms with E-state index < -0.39 is 38.6 Å². The number of carbonyl (C=O) groups excluding carboxylic acids is 1. The predicted octanol–water partition coefficient (Wildman–Crippen LogP) is 4.82. The van der Waals surface area contributed by atoms with Crippen LogP contribution in [0, 0.1) is 16.7 Å². The zero-order valence-corrected chi connectivity index (χ0v) is 23.6. The molecule has 1 aliphatic rings. The van der Waals surface area contributed by atoms with Gasteiger partial charge in [0.25, 0.3) is 5.91 Å². The van der Waals surface area contributed by atoms with Crippen LogP contribution in [0.15, 0.2) is 18.2 Å². The van der Waals surface area contributed by atoms with E-state index in [1.807, 2.05) is 0 Å². The van der Waals surface area contributed by atoms with Crippen LogP contribution in [0.4, 0.5) is 18.9 Å². The minimum Gasteiger partial charge on any atom is -0.496 e. The lowest BCUT2D eigenvalue weighted by Crippen LogP contribution is -2.41. The number of carbonyl (C=O) groups is 1. The van der Waals surface area contributed by atoms with Gasteiger partial charge in [-0.1, -0.05) is 11.6 Å². The molecule has 0 saturated heterocycles. The quantitative estimate of drug-likeness (QED) is 0.429. The fraction of sp³-hybridized carbons (Fsp3) is 0.560. The van der Waals surface area contributed by atoms with Crippen molar-refractivity contribution in [3.63, 3.8) is 0 Å². The third kappa shape index (κ3) is 6.78. The molecule has 39 heavy (non-hydrogen) atoms. The summed E-state index contributed by atoms with van der Waals surface area (Å²) in [5.74, 6) is -0.381. The highest BCUT2D eigenvalue weighted by Gasteiger charge is 2.39. The number of hydrogen-bond donors (Lipinski definition) is 2. The van der Waals surface area contributed by atoms with Gasteiger partial charge in [0.05, 0.1) is 34.6 Å². The highest BCUT2D eigenvalue weighted by molar-refractivity contribution is 7.91. The summed E-state index contributed by atoms with van der Waals surface area (Å²) in [5.41, 5.74) is -0.0289. The number of anilines is 1. The van der Waals surface area contributed by atoms with Gasteiger partial charge >= 0.3 is 6.18 Å². The van der Waals surface area contributed by atoms with Crippen molar-refractivity contribution in [3.05, 3.63) is 28.9 Å². The number of amides is 1. The van der Waals surface area contributed by atoms with E-state index >= 15 is 0 Å². The molecule has 14 heteroatoms. The number of benzene rings is 1. The van der Waals surface area contributed by atoms with E-state index in [9.17, 15) is 31.6 Å². The number of nitriles is 1. The van der Waals surface area contributed by atoms with Crippen LogP contribution >= 0.6 is 11.6 Å². The summed E-state index contributed by atoms with van der Waals surface area (Å²) in [7, 11) is -1.84. The molecule has 1 aromatic carbocycles. The van der Waals surface area contributed by atoms with Gasteiger partial charge in [-0.2, -0.15) is 23.5 Å². The number of halogens is 4. The van der Waals surface area contributed by atoms with Crippen LogP contribution in [0.2, 0.25) is 5.02 Å². The zero-order chi connectivity index (χ0) is 29.2. The van der Waals surface area contributed by atoms with Gasteiger partial charge in [0, 0.05) is 36.7 Å². The first kappa shape index (κ1) is 30.6. The number of rotatable bonds is 9. The van der Waals surface area contributed by atoms with Crippen LogP contribution in [0.25, 0.3) is 11.3 Å². The molecule has 1 aromatic heterocycles. The summed E-state index contributed by atoms with van der Waals surface area (Å²) in [6, 6.07) is 4.85. The standard InChI is InChI=1S/C25H31ClF3N5O4S/c1-5-34-22(18-7-6-16(12-19(18)38-3)32-15(2)25(27,28)29)20(26)21(33-34)23(35)31-14-24(13-30)10-8-17(9-11-24)39(4,36)37/h6-7,12,15,17,32H,5,8-11,14H2,1-4H3,(H,31,35)/t15?,17-,24+. The number of alkyl halides is 3. The lowest BCUT2D eigenvalue weighted by molar-refractivity contribution is -0.138. The first-order valence-corrected chi connectivity index (χ1v) is 14.6. The van der Waals surface area contributed by atoms with E-state index in [0.29, 0.717) is 43.5 Å². The molecule has 3 rings (SSSR count). The van der Waals surface area contributed by atoms with Gasteiger partial charge in [0.2, 0.25) is 0 Å². The highest BCUT2D eigenvalue weighted by Crippen LogP contribution is 2.40. The molecule has 1 heterocycles. The molecule has 0 radical (unpaired) electrons. The molecule has 0 spiro atoms. The van der Waals surface area contributed by atoms with Crippen molar-refractivity contribution >= 4 is 33.0 Å². The second-order valence-electron chi connectivity index (χ2n) is 9.75. The first-order valence-electron chi connectivity index (χ1n) is 12.3. The minimum absolute atomic E-state index is 0.00450. The Balaban J connectivity index is 1.84. The van der Waals surface area contributed by atoms with Crippen LogP contribution in [0.3, 0.4) is 0 Å². The summed E-state index contributed by atoms with van der Waals surface area (Å²) < 4.78 is 69.6. The van der Waals surface area contributed by atoms with Crippen molar-refractivity contribution in [3.8, 4) is 23.1 Å². The van der Waals surface area contributed by atoms with Crippen LogP contribution in [-0.4, -0.2) is 61.5 Å². The molecular weight excluding hydrogens is 559 g/mol. The van der Waals surface area contributed by atoms with E-state index in [1.165, 1.54) is 36.2 Å². The number of sulfone groups is 1. The molecule has 1 atom stereocenters. The molecule has 214 valence electrons. The molecular formula is C25H31ClF3N5O4S. The molecule has 1 aliphatic carbocycles. The third-order valence-electron chi connectivity index (χ3n) is 7.06. The predicted molar refractivity (Wildman–Crippen MR) is 142 cm³/mol. The maximum Gasteiger partial charge on any atom is 0.408 e. The van der Waals surface area contributed by atoms with Gasteiger partial charge in [-0.05, 0) is 51.7 Å². The number of ether oxygens (including phenoxy) is 1. The Hall–Kier alpha value is -2.98. The third-order valence-corrected chi connectivity index (χ3v) is 9.10. The van der Waals surface area contributed by atoms with Crippen LogP contribution in [-0.2, 0) is 16.4 Å². The van der Waals surface area contributed by atoms with Crippen molar-refractivity contribution in [2.45, 2.75) is 63.5 Å². The van der Waals surface area contributed by atoms with Gasteiger partial charge in [0.15, 0.2) is 5.69 Å². The van der Waals surface area contributed by atoms with Crippen molar-refractivity contribution in [2.24, 2.45) is 5.41 Å². The minimum atomic E-state index is -4.44. The van der Waals surface area contributed by atoms with Gasteiger partial charge in [-0.15, -0.1) is 0 Å². The fourth-order valence-electron chi connectivity index (χ4n) is 4.61. The molecule has 0 aliphatic heterocycles. The van der Waals surface area contributed by atoms with Crippen molar-refractivity contribution in [1.29, 1.82) is 5.26 Å². The summed E-state index contributed by atoms with van der Waals surface area (Å²) >= 11 is 6.61. The Morgan fingerprint density at radius 3 is 2.51 bits per heavy atom. The molecule has 1 saturated carbocycles. The number of hydrogen-bond acceptors (Lipinski definition) is 7. The SMILES string of the molecule is CCn1nc(C(=O)NC[C@]2(C#N)CC[C@H](S(C)(=O)=O)CC2)c(Cl)c1-c1ccc(NC(C)C(F)(F)F)cc1OC. The van der Waals surface area contributed by atoms with Gasteiger partial charge in [-0.3, -0.25) is 9.48 Å². The number of nitrogens with zero attached hydrogens (tertiary/aromatic N) is 3. The monoisotopic (exact) mass is 589 g/mol. The van der Waals surface area contributed by atoms with Gasteiger partial charge in [0.1, 0.15) is 21.6 Å². The topological polar surface area (TPSA) is 126 Å². The molecule has 9 nitrogen and oxygen atoms in total. The van der Waals surface area contributed by atoms with Gasteiger partial charge < -0.3 is 15.4 Å². The Kier molecular flexibility index (Phi) is 9.12. The Bertz CT molecular complexity index is 1360. The van der Waals surface area contributed by atoms with Crippen molar-refractivity contribution in [2.75, 3.05) is 25.2 Å². The number of methoxy groups -OCH3 is 1. The molecule has 1 unspecified atom stereocenters.